The van der Waals surface area contributed by atoms with E-state index in [4.69, 9.17) is 10.5 Å². The van der Waals surface area contributed by atoms with Crippen LogP contribution in [0.25, 0.3) is 0 Å². The minimum Gasteiger partial charge on any atom is -0.431 e. The van der Waals surface area contributed by atoms with Crippen molar-refractivity contribution >= 4 is 17.4 Å². The Bertz CT molecular complexity index is 479. The summed E-state index contributed by atoms with van der Waals surface area (Å²) in [5.74, 6) is 0. The summed E-state index contributed by atoms with van der Waals surface area (Å²) in [7, 11) is 0. The minimum atomic E-state index is 0.384. The van der Waals surface area contributed by atoms with Crippen molar-refractivity contribution in [3.8, 4) is 0 Å². The normalized spacial score (nSPS) is 9.83. The maximum absolute atomic E-state index is 6.01. The minimum absolute atomic E-state index is 0.384. The molecule has 0 fully saturated rings. The van der Waals surface area contributed by atoms with E-state index in [9.17, 15) is 0 Å². The van der Waals surface area contributed by atoms with Crippen molar-refractivity contribution in [1.82, 2.24) is 4.58 Å². The molecule has 2 aromatic rings. The van der Waals surface area contributed by atoms with Gasteiger partial charge in [0.1, 0.15) is 11.4 Å². The van der Waals surface area contributed by atoms with Crippen molar-refractivity contribution in [3.05, 3.63) is 60.7 Å². The maximum atomic E-state index is 6.01. The van der Waals surface area contributed by atoms with E-state index in [1.807, 2.05) is 72.2 Å². The molecule has 0 amide bonds. The summed E-state index contributed by atoms with van der Waals surface area (Å²) in [5.41, 5.74) is 7.98. The van der Waals surface area contributed by atoms with E-state index in [-0.39, 0.29) is 0 Å². The topological polar surface area (TPSA) is 38.3 Å². The fourth-order valence-electron chi connectivity index (χ4n) is 1.77. The first kappa shape index (κ1) is 12.2. The van der Waals surface area contributed by atoms with E-state index in [1.54, 1.807) is 0 Å². The molecular formula is C15H17N2O+. The molecule has 0 saturated carbocycles. The lowest BCUT2D eigenvalue weighted by atomic mass is 10.2. The van der Waals surface area contributed by atoms with Crippen LogP contribution in [-0.2, 0) is 4.74 Å². The Morgan fingerprint density at radius 2 is 1.39 bits per heavy atom. The Hall–Kier alpha value is -2.29. The van der Waals surface area contributed by atoms with Gasteiger partial charge in [-0.3, -0.25) is 5.73 Å². The zero-order valence-corrected chi connectivity index (χ0v) is 10.4. The molecule has 92 valence electrons. The monoisotopic (exact) mass is 241 g/mol. The smallest absolute Gasteiger partial charge is 0.431 e. The molecule has 0 aliphatic carbocycles. The van der Waals surface area contributed by atoms with Gasteiger partial charge < -0.3 is 4.74 Å². The van der Waals surface area contributed by atoms with E-state index < -0.39 is 0 Å². The maximum Gasteiger partial charge on any atom is 0.452 e. The molecule has 0 bridgehead atoms. The molecule has 3 heteroatoms. The van der Waals surface area contributed by atoms with Gasteiger partial charge in [0.05, 0.1) is 6.61 Å². The fourth-order valence-corrected chi connectivity index (χ4v) is 1.77. The molecule has 0 aromatic heterocycles. The van der Waals surface area contributed by atoms with Crippen molar-refractivity contribution < 1.29 is 4.74 Å². The molecule has 2 N–H and O–H groups in total. The fraction of sp³-hybridized carbons (Fsp3) is 0.133. The van der Waals surface area contributed by atoms with Gasteiger partial charge >= 0.3 is 6.02 Å². The summed E-state index contributed by atoms with van der Waals surface area (Å²) in [5, 5.41) is 0. The first-order chi connectivity index (χ1) is 8.83. The van der Waals surface area contributed by atoms with Gasteiger partial charge in [-0.15, -0.1) is 0 Å². The zero-order chi connectivity index (χ0) is 12.8. The third-order valence-corrected chi connectivity index (χ3v) is 2.54. The number of ether oxygens (including phenoxy) is 1. The standard InChI is InChI=1S/C15H16N2O/c1-2-18-15(16)17(13-9-5-3-6-10-13)14-11-7-4-8-12-14/h3-12,16H,2H2,1H3/p+1. The predicted molar refractivity (Wildman–Crippen MR) is 75.2 cm³/mol. The Morgan fingerprint density at radius 3 is 1.78 bits per heavy atom. The Labute approximate surface area is 107 Å². The first-order valence-corrected chi connectivity index (χ1v) is 5.98. The lowest BCUT2D eigenvalue weighted by Gasteiger charge is -2.08. The summed E-state index contributed by atoms with van der Waals surface area (Å²) < 4.78 is 7.33. The molecule has 0 radical (unpaired) electrons. The van der Waals surface area contributed by atoms with Gasteiger partial charge in [0.2, 0.25) is 0 Å². The molecule has 0 aliphatic heterocycles. The van der Waals surface area contributed by atoms with Gasteiger partial charge in [-0.1, -0.05) is 36.4 Å². The lowest BCUT2D eigenvalue weighted by Crippen LogP contribution is -2.28. The van der Waals surface area contributed by atoms with Crippen molar-refractivity contribution in [3.63, 3.8) is 0 Å². The van der Waals surface area contributed by atoms with Crippen LogP contribution in [0.15, 0.2) is 60.7 Å². The van der Waals surface area contributed by atoms with E-state index in [2.05, 4.69) is 0 Å². The van der Waals surface area contributed by atoms with Gasteiger partial charge in [0.25, 0.3) is 0 Å². The Kier molecular flexibility index (Phi) is 3.97. The van der Waals surface area contributed by atoms with Gasteiger partial charge in [-0.05, 0) is 31.2 Å². The van der Waals surface area contributed by atoms with Crippen LogP contribution in [-0.4, -0.2) is 12.6 Å². The number of rotatable bonds is 3. The molecule has 0 heterocycles. The number of nitrogens with two attached hydrogens (primary N) is 1. The molecule has 0 atom stereocenters. The zero-order valence-electron chi connectivity index (χ0n) is 10.4. The second-order valence-electron chi connectivity index (χ2n) is 3.78. The third-order valence-electron chi connectivity index (χ3n) is 2.54. The molecule has 0 unspecified atom stereocenters. The highest BCUT2D eigenvalue weighted by molar-refractivity contribution is 5.80. The predicted octanol–water partition coefficient (Wildman–Crippen LogP) is 2.87. The number of hydrogen-bond acceptors (Lipinski definition) is 1. The van der Waals surface area contributed by atoms with Crippen LogP contribution < -0.4 is 10.3 Å². The van der Waals surface area contributed by atoms with Crippen LogP contribution in [0.2, 0.25) is 0 Å². The molecule has 0 spiro atoms. The molecule has 18 heavy (non-hydrogen) atoms. The van der Waals surface area contributed by atoms with Crippen LogP contribution in [0.3, 0.4) is 0 Å². The average molecular weight is 241 g/mol. The van der Waals surface area contributed by atoms with Gasteiger partial charge in [0, 0.05) is 0 Å². The summed E-state index contributed by atoms with van der Waals surface area (Å²) in [4.78, 5) is 0. The average Bonchev–Trinajstić information content (AvgIpc) is 2.42. The number of benzene rings is 2. The van der Waals surface area contributed by atoms with E-state index in [0.717, 1.165) is 11.4 Å². The van der Waals surface area contributed by atoms with Crippen LogP contribution in [0.5, 0.6) is 0 Å². The SMILES string of the molecule is CCOC(N)=[N+](c1ccccc1)c1ccccc1. The first-order valence-electron chi connectivity index (χ1n) is 5.98. The van der Waals surface area contributed by atoms with E-state index >= 15 is 0 Å². The summed E-state index contributed by atoms with van der Waals surface area (Å²) in [6, 6.07) is 20.2. The van der Waals surface area contributed by atoms with Gasteiger partial charge in [-0.2, -0.15) is 4.58 Å². The molecule has 2 rings (SSSR count). The number of amidine groups is 1. The quantitative estimate of drug-likeness (QED) is 0.510. The second-order valence-corrected chi connectivity index (χ2v) is 3.78. The highest BCUT2D eigenvalue weighted by Gasteiger charge is 2.14. The van der Waals surface area contributed by atoms with Crippen molar-refractivity contribution in [1.29, 1.82) is 0 Å². The third kappa shape index (κ3) is 2.69. The molecule has 0 aliphatic rings. The molecule has 3 nitrogen and oxygen atoms in total. The van der Waals surface area contributed by atoms with Crippen LogP contribution >= 0.6 is 0 Å². The Balaban J connectivity index is 2.52. The van der Waals surface area contributed by atoms with Crippen LogP contribution in [0.1, 0.15) is 6.92 Å². The van der Waals surface area contributed by atoms with Crippen LogP contribution in [0.4, 0.5) is 11.4 Å². The summed E-state index contributed by atoms with van der Waals surface area (Å²) >= 11 is 0. The number of hydrogen-bond donors (Lipinski definition) is 1. The second kappa shape index (κ2) is 5.87. The van der Waals surface area contributed by atoms with Crippen molar-refractivity contribution in [2.24, 2.45) is 5.73 Å². The van der Waals surface area contributed by atoms with E-state index in [0.29, 0.717) is 12.6 Å². The van der Waals surface area contributed by atoms with Crippen molar-refractivity contribution in [2.75, 3.05) is 6.61 Å². The number of para-hydroxylation sites is 2. The van der Waals surface area contributed by atoms with E-state index in [1.165, 1.54) is 0 Å². The Morgan fingerprint density at radius 1 is 0.944 bits per heavy atom. The summed E-state index contributed by atoms with van der Waals surface area (Å²) in [6.45, 7) is 2.46. The lowest BCUT2D eigenvalue weighted by molar-refractivity contribution is 0.315. The molecule has 0 saturated heterocycles. The summed E-state index contributed by atoms with van der Waals surface area (Å²) in [6.07, 6.45) is 0. The molecular weight excluding hydrogens is 224 g/mol. The largest absolute Gasteiger partial charge is 0.452 e. The van der Waals surface area contributed by atoms with Gasteiger partial charge in [-0.25, -0.2) is 0 Å². The molecule has 2 aromatic carbocycles. The highest BCUT2D eigenvalue weighted by Crippen LogP contribution is 2.19. The van der Waals surface area contributed by atoms with Crippen molar-refractivity contribution in [2.45, 2.75) is 6.92 Å². The highest BCUT2D eigenvalue weighted by atomic mass is 16.5. The van der Waals surface area contributed by atoms with Crippen LogP contribution in [0, 0.1) is 0 Å². The van der Waals surface area contributed by atoms with Gasteiger partial charge in [0.15, 0.2) is 0 Å². The number of nitrogens with zero attached hydrogens (tertiary/aromatic N) is 1.